The van der Waals surface area contributed by atoms with Crippen molar-refractivity contribution in [2.24, 2.45) is 4.99 Å². The molecule has 1 saturated heterocycles. The summed E-state index contributed by atoms with van der Waals surface area (Å²) in [6.45, 7) is 6.03. The molecule has 0 bridgehead atoms. The number of nitrogens with zero attached hydrogens (tertiary/aromatic N) is 5. The van der Waals surface area contributed by atoms with Gasteiger partial charge in [0.05, 0.1) is 19.3 Å². The van der Waals surface area contributed by atoms with Crippen molar-refractivity contribution in [2.75, 3.05) is 24.3 Å². The van der Waals surface area contributed by atoms with E-state index in [9.17, 15) is 18.0 Å². The number of amides is 2. The van der Waals surface area contributed by atoms with Gasteiger partial charge >= 0.3 is 12.4 Å². The van der Waals surface area contributed by atoms with Crippen LogP contribution in [0.3, 0.4) is 0 Å². The SMILES string of the molecule is COc1ccc(N2C(=NC(=O)NCC(F)c3ccc(-c4ncn(-c5ccc(OC(F)(F)F)cc5)n4)cc3)SCCC2C)c(C(C)C)c1. The van der Waals surface area contributed by atoms with Crippen LogP contribution in [0.15, 0.2) is 78.0 Å². The van der Waals surface area contributed by atoms with Crippen molar-refractivity contribution in [1.29, 1.82) is 0 Å². The lowest BCUT2D eigenvalue weighted by Crippen LogP contribution is -2.42. The number of anilines is 1. The van der Waals surface area contributed by atoms with Gasteiger partial charge in [0.1, 0.15) is 24.0 Å². The smallest absolute Gasteiger partial charge is 0.497 e. The largest absolute Gasteiger partial charge is 0.573 e. The van der Waals surface area contributed by atoms with E-state index in [2.05, 4.69) is 50.8 Å². The number of rotatable bonds is 9. The summed E-state index contributed by atoms with van der Waals surface area (Å²) in [5.74, 6) is 1.77. The predicted octanol–water partition coefficient (Wildman–Crippen LogP) is 8.07. The number of alkyl halides is 4. The lowest BCUT2D eigenvalue weighted by Gasteiger charge is -2.37. The zero-order chi connectivity index (χ0) is 33.7. The van der Waals surface area contributed by atoms with Crippen molar-refractivity contribution in [2.45, 2.75) is 51.7 Å². The van der Waals surface area contributed by atoms with Crippen LogP contribution in [0.25, 0.3) is 17.1 Å². The van der Waals surface area contributed by atoms with Gasteiger partial charge in [-0.05, 0) is 72.9 Å². The van der Waals surface area contributed by atoms with E-state index in [4.69, 9.17) is 4.74 Å². The summed E-state index contributed by atoms with van der Waals surface area (Å²) in [4.78, 5) is 23.5. The molecule has 0 radical (unpaired) electrons. The number of benzene rings is 3. The van der Waals surface area contributed by atoms with Gasteiger partial charge in [-0.3, -0.25) is 0 Å². The molecule has 2 unspecified atom stereocenters. The number of urea groups is 1. The van der Waals surface area contributed by atoms with Crippen LogP contribution in [0, 0.1) is 0 Å². The van der Waals surface area contributed by atoms with Gasteiger partial charge in [-0.15, -0.1) is 18.3 Å². The molecule has 3 aromatic carbocycles. The molecular formula is C33H34F4N6O3S. The van der Waals surface area contributed by atoms with Gasteiger partial charge in [-0.1, -0.05) is 49.9 Å². The molecule has 2 heterocycles. The fourth-order valence-electron chi connectivity index (χ4n) is 5.06. The van der Waals surface area contributed by atoms with Crippen LogP contribution in [0.5, 0.6) is 11.5 Å². The molecule has 2 atom stereocenters. The summed E-state index contributed by atoms with van der Waals surface area (Å²) >= 11 is 1.49. The van der Waals surface area contributed by atoms with Gasteiger partial charge in [0.25, 0.3) is 0 Å². The minimum atomic E-state index is -4.78. The van der Waals surface area contributed by atoms with Gasteiger partial charge in [0.2, 0.25) is 0 Å². The number of ether oxygens (including phenoxy) is 2. The molecule has 2 amide bonds. The number of carbonyl (C=O) groups is 1. The number of hydrogen-bond donors (Lipinski definition) is 1. The number of aliphatic imine (C=N–C) groups is 1. The van der Waals surface area contributed by atoms with E-state index in [0.717, 1.165) is 29.2 Å². The Labute approximate surface area is 274 Å². The van der Waals surface area contributed by atoms with Gasteiger partial charge < -0.3 is 19.7 Å². The van der Waals surface area contributed by atoms with E-state index in [1.165, 1.54) is 47.0 Å². The van der Waals surface area contributed by atoms with Crippen molar-refractivity contribution in [3.63, 3.8) is 0 Å². The molecule has 248 valence electrons. The first-order chi connectivity index (χ1) is 22.4. The highest BCUT2D eigenvalue weighted by atomic mass is 32.2. The standard InChI is InChI=1S/C33H34F4N6O3S/c1-20(2)27-17-26(45-4)13-14-29(27)43-21(3)15-16-47-32(43)40-31(44)38-18-28(34)22-5-7-23(8-6-22)30-39-19-42(41-30)24-9-11-25(12-10-24)46-33(35,36)37/h5-14,17,19-21,28H,15-16,18H2,1-4H3,(H,38,44). The molecule has 47 heavy (non-hydrogen) atoms. The van der Waals surface area contributed by atoms with Gasteiger partial charge in [-0.2, -0.15) is 4.99 Å². The molecule has 0 spiro atoms. The number of methoxy groups -OCH3 is 1. The van der Waals surface area contributed by atoms with Gasteiger partial charge in [0.15, 0.2) is 11.0 Å². The van der Waals surface area contributed by atoms with Crippen molar-refractivity contribution in [3.05, 3.63) is 84.2 Å². The van der Waals surface area contributed by atoms with E-state index in [1.54, 1.807) is 31.4 Å². The summed E-state index contributed by atoms with van der Waals surface area (Å²) in [5.41, 5.74) is 3.48. The number of aromatic nitrogens is 3. The summed E-state index contributed by atoms with van der Waals surface area (Å²) in [5, 5.41) is 7.52. The fraction of sp³-hybridized carbons (Fsp3) is 0.333. The molecule has 1 aromatic heterocycles. The summed E-state index contributed by atoms with van der Waals surface area (Å²) < 4.78 is 63.2. The lowest BCUT2D eigenvalue weighted by molar-refractivity contribution is -0.274. The van der Waals surface area contributed by atoms with E-state index >= 15 is 4.39 Å². The number of amidine groups is 1. The molecule has 1 aliphatic rings. The molecule has 9 nitrogen and oxygen atoms in total. The molecule has 1 N–H and O–H groups in total. The first kappa shape index (κ1) is 33.8. The first-order valence-corrected chi connectivity index (χ1v) is 15.9. The molecule has 4 aromatic rings. The summed E-state index contributed by atoms with van der Waals surface area (Å²) in [6, 6.07) is 17.0. The average Bonchev–Trinajstić information content (AvgIpc) is 3.54. The second-order valence-electron chi connectivity index (χ2n) is 11.2. The van der Waals surface area contributed by atoms with Crippen LogP contribution in [0.4, 0.5) is 28.0 Å². The third kappa shape index (κ3) is 8.42. The van der Waals surface area contributed by atoms with Crippen molar-refractivity contribution >= 4 is 28.6 Å². The third-order valence-corrected chi connectivity index (χ3v) is 8.50. The number of thioether (sulfide) groups is 1. The Hall–Kier alpha value is -4.59. The van der Waals surface area contributed by atoms with Crippen LogP contribution >= 0.6 is 11.8 Å². The van der Waals surface area contributed by atoms with Crippen LogP contribution in [-0.4, -0.2) is 57.8 Å². The lowest BCUT2D eigenvalue weighted by atomic mass is 9.99. The molecule has 14 heteroatoms. The maximum Gasteiger partial charge on any atom is 0.573 e. The zero-order valence-corrected chi connectivity index (χ0v) is 27.0. The van der Waals surface area contributed by atoms with E-state index in [-0.39, 0.29) is 24.3 Å². The molecule has 0 saturated carbocycles. The second-order valence-corrected chi connectivity index (χ2v) is 12.2. The predicted molar refractivity (Wildman–Crippen MR) is 174 cm³/mol. The van der Waals surface area contributed by atoms with E-state index in [0.29, 0.717) is 27.8 Å². The van der Waals surface area contributed by atoms with Crippen molar-refractivity contribution in [3.8, 4) is 28.6 Å². The van der Waals surface area contributed by atoms with Crippen LogP contribution < -0.4 is 19.7 Å². The van der Waals surface area contributed by atoms with Gasteiger partial charge in [-0.25, -0.2) is 18.9 Å². The normalized spacial score (nSPS) is 16.7. The number of nitrogens with one attached hydrogen (secondary N) is 1. The highest BCUT2D eigenvalue weighted by molar-refractivity contribution is 8.14. The Morgan fingerprint density at radius 2 is 1.79 bits per heavy atom. The monoisotopic (exact) mass is 670 g/mol. The fourth-order valence-corrected chi connectivity index (χ4v) is 6.26. The Morgan fingerprint density at radius 1 is 1.09 bits per heavy atom. The quantitative estimate of drug-likeness (QED) is 0.180. The molecule has 1 fully saturated rings. The maximum atomic E-state index is 15.2. The Morgan fingerprint density at radius 3 is 2.45 bits per heavy atom. The van der Waals surface area contributed by atoms with E-state index < -0.39 is 18.6 Å². The number of carbonyl (C=O) groups excluding carboxylic acids is 1. The maximum absolute atomic E-state index is 15.2. The van der Waals surface area contributed by atoms with Crippen LogP contribution in [0.2, 0.25) is 0 Å². The van der Waals surface area contributed by atoms with E-state index in [1.807, 2.05) is 18.2 Å². The number of halogens is 4. The summed E-state index contributed by atoms with van der Waals surface area (Å²) in [7, 11) is 1.63. The highest BCUT2D eigenvalue weighted by Crippen LogP contribution is 2.37. The van der Waals surface area contributed by atoms with Crippen LogP contribution in [0.1, 0.15) is 50.4 Å². The average molecular weight is 671 g/mol. The molecular weight excluding hydrogens is 636 g/mol. The highest BCUT2D eigenvalue weighted by Gasteiger charge is 2.31. The van der Waals surface area contributed by atoms with Gasteiger partial charge in [0, 0.05) is 23.0 Å². The molecule has 1 aliphatic heterocycles. The van der Waals surface area contributed by atoms with Crippen molar-refractivity contribution in [1.82, 2.24) is 20.1 Å². The topological polar surface area (TPSA) is 93.9 Å². The first-order valence-electron chi connectivity index (χ1n) is 14.9. The summed E-state index contributed by atoms with van der Waals surface area (Å²) in [6.07, 6.45) is -3.93. The van der Waals surface area contributed by atoms with Crippen LogP contribution in [-0.2, 0) is 0 Å². The van der Waals surface area contributed by atoms with Crippen molar-refractivity contribution < 1.29 is 31.8 Å². The molecule has 5 rings (SSSR count). The Bertz CT molecular complexity index is 1710. The molecule has 0 aliphatic carbocycles. The second kappa shape index (κ2) is 14.4. The third-order valence-electron chi connectivity index (χ3n) is 7.52. The number of hydrogen-bond acceptors (Lipinski definition) is 6. The zero-order valence-electron chi connectivity index (χ0n) is 26.2. The minimum absolute atomic E-state index is 0.112. The Balaban J connectivity index is 1.22. The Kier molecular flexibility index (Phi) is 10.4. The minimum Gasteiger partial charge on any atom is -0.497 e.